The first-order chi connectivity index (χ1) is 17.1. The van der Waals surface area contributed by atoms with Crippen LogP contribution in [0.15, 0.2) is 18.2 Å². The molecule has 8 nitrogen and oxygen atoms in total. The molecule has 1 aliphatic carbocycles. The Morgan fingerprint density at radius 2 is 1.83 bits per heavy atom. The van der Waals surface area contributed by atoms with Crippen LogP contribution in [0.1, 0.15) is 82.3 Å². The molecule has 1 saturated heterocycles. The summed E-state index contributed by atoms with van der Waals surface area (Å²) in [4.78, 5) is 43.8. The molecule has 8 heteroatoms. The molecule has 2 aromatic rings. The number of nitrogens with one attached hydrogen (secondary N) is 2. The van der Waals surface area contributed by atoms with Gasteiger partial charge in [-0.15, -0.1) is 0 Å². The van der Waals surface area contributed by atoms with E-state index in [4.69, 9.17) is 9.47 Å². The van der Waals surface area contributed by atoms with Crippen LogP contribution in [0.5, 0.6) is 0 Å². The van der Waals surface area contributed by atoms with E-state index in [1.807, 2.05) is 45.9 Å². The summed E-state index contributed by atoms with van der Waals surface area (Å²) in [5.74, 6) is -0.0346. The highest BCUT2D eigenvalue weighted by molar-refractivity contribution is 6.02. The number of likely N-dealkylation sites (tertiary alicyclic amines) is 1. The van der Waals surface area contributed by atoms with Crippen molar-refractivity contribution in [3.63, 3.8) is 0 Å². The SMILES string of the molecule is CCOC(=O)c1[nH]c2ccc(NC(=O)[C@@H]3[C@H](C4CCCCC4)CCN3C(=O)OC(C)(C)C)cc2c1C. The number of hydrogen-bond acceptors (Lipinski definition) is 5. The maximum atomic E-state index is 13.7. The third kappa shape index (κ3) is 5.52. The number of esters is 1. The van der Waals surface area contributed by atoms with Gasteiger partial charge in [0.15, 0.2) is 0 Å². The Kier molecular flexibility index (Phi) is 7.62. The van der Waals surface area contributed by atoms with Gasteiger partial charge in [0.25, 0.3) is 0 Å². The van der Waals surface area contributed by atoms with E-state index in [2.05, 4.69) is 10.3 Å². The quantitative estimate of drug-likeness (QED) is 0.509. The maximum Gasteiger partial charge on any atom is 0.410 e. The van der Waals surface area contributed by atoms with E-state index < -0.39 is 23.7 Å². The average molecular weight is 498 g/mol. The minimum Gasteiger partial charge on any atom is -0.461 e. The summed E-state index contributed by atoms with van der Waals surface area (Å²) < 4.78 is 10.8. The Morgan fingerprint density at radius 1 is 1.11 bits per heavy atom. The third-order valence-corrected chi connectivity index (χ3v) is 7.40. The van der Waals surface area contributed by atoms with Gasteiger partial charge in [-0.3, -0.25) is 9.69 Å². The minimum absolute atomic E-state index is 0.117. The molecule has 0 radical (unpaired) electrons. The van der Waals surface area contributed by atoms with Gasteiger partial charge in [-0.1, -0.05) is 32.1 Å². The average Bonchev–Trinajstić information content (AvgIpc) is 3.41. The fourth-order valence-electron chi connectivity index (χ4n) is 5.76. The number of ether oxygens (including phenoxy) is 2. The van der Waals surface area contributed by atoms with Gasteiger partial charge in [-0.05, 0) is 76.6 Å². The van der Waals surface area contributed by atoms with E-state index in [-0.39, 0.29) is 11.8 Å². The number of rotatable bonds is 5. The van der Waals surface area contributed by atoms with E-state index in [1.165, 1.54) is 19.3 Å². The fourth-order valence-corrected chi connectivity index (χ4v) is 5.76. The molecule has 1 aromatic carbocycles. The van der Waals surface area contributed by atoms with Crippen LogP contribution in [0.2, 0.25) is 0 Å². The third-order valence-electron chi connectivity index (χ3n) is 7.40. The maximum absolute atomic E-state index is 13.7. The Hall–Kier alpha value is -3.03. The lowest BCUT2D eigenvalue weighted by atomic mass is 9.76. The number of amides is 2. The summed E-state index contributed by atoms with van der Waals surface area (Å²) in [5, 5.41) is 3.91. The van der Waals surface area contributed by atoms with Crippen LogP contribution in [0, 0.1) is 18.8 Å². The fraction of sp³-hybridized carbons (Fsp3) is 0.607. The second-order valence-electron chi connectivity index (χ2n) is 11.1. The first kappa shape index (κ1) is 26.0. The number of nitrogens with zero attached hydrogens (tertiary/aromatic N) is 1. The number of aromatic nitrogens is 1. The molecule has 1 aliphatic heterocycles. The van der Waals surface area contributed by atoms with Crippen molar-refractivity contribution in [2.75, 3.05) is 18.5 Å². The highest BCUT2D eigenvalue weighted by atomic mass is 16.6. The standard InChI is InChI=1S/C28H39N3O5/c1-6-35-26(33)23-17(2)21-16-19(12-13-22(21)30-23)29-25(32)24-20(18-10-8-7-9-11-18)14-15-31(24)27(34)36-28(3,4)5/h12-13,16,18,20,24,30H,6-11,14-15H2,1-5H3,(H,29,32)/t20-,24-/m0/s1. The first-order valence-electron chi connectivity index (χ1n) is 13.2. The molecule has 2 fully saturated rings. The number of carbonyl (C=O) groups is 3. The van der Waals surface area contributed by atoms with Crippen LogP contribution in [0.25, 0.3) is 10.9 Å². The van der Waals surface area contributed by atoms with Crippen LogP contribution in [0.3, 0.4) is 0 Å². The van der Waals surface area contributed by atoms with Crippen molar-refractivity contribution in [1.29, 1.82) is 0 Å². The molecule has 0 unspecified atom stereocenters. The van der Waals surface area contributed by atoms with Gasteiger partial charge < -0.3 is 19.8 Å². The number of hydrogen-bond donors (Lipinski definition) is 2. The number of aromatic amines is 1. The normalized spacial score (nSPS) is 21.0. The molecule has 196 valence electrons. The van der Waals surface area contributed by atoms with Crippen molar-refractivity contribution < 1.29 is 23.9 Å². The van der Waals surface area contributed by atoms with Crippen LogP contribution in [0.4, 0.5) is 10.5 Å². The summed E-state index contributed by atoms with van der Waals surface area (Å²) in [6.45, 7) is 9.97. The molecule has 0 bridgehead atoms. The second-order valence-corrected chi connectivity index (χ2v) is 11.1. The van der Waals surface area contributed by atoms with Crippen molar-refractivity contribution >= 4 is 34.6 Å². The predicted octanol–water partition coefficient (Wildman–Crippen LogP) is 5.80. The molecule has 2 heterocycles. The van der Waals surface area contributed by atoms with Gasteiger partial charge in [0.05, 0.1) is 6.61 Å². The lowest BCUT2D eigenvalue weighted by Gasteiger charge is -2.34. The van der Waals surface area contributed by atoms with Crippen LogP contribution in [-0.2, 0) is 14.3 Å². The number of fused-ring (bicyclic) bond motifs is 1. The van der Waals surface area contributed by atoms with Crippen LogP contribution in [-0.4, -0.2) is 52.6 Å². The highest BCUT2D eigenvalue weighted by Crippen LogP contribution is 2.40. The molecular formula is C28H39N3O5. The van der Waals surface area contributed by atoms with Crippen LogP contribution < -0.4 is 5.32 Å². The molecule has 1 saturated carbocycles. The zero-order chi connectivity index (χ0) is 26.0. The van der Waals surface area contributed by atoms with Crippen molar-refractivity contribution in [2.45, 2.75) is 84.8 Å². The highest BCUT2D eigenvalue weighted by Gasteiger charge is 2.46. The van der Waals surface area contributed by atoms with E-state index in [9.17, 15) is 14.4 Å². The Morgan fingerprint density at radius 3 is 2.50 bits per heavy atom. The van der Waals surface area contributed by atoms with Gasteiger partial charge in [0.2, 0.25) is 5.91 Å². The molecule has 2 N–H and O–H groups in total. The smallest absolute Gasteiger partial charge is 0.410 e. The Bertz CT molecular complexity index is 1130. The minimum atomic E-state index is -0.630. The lowest BCUT2D eigenvalue weighted by Crippen LogP contribution is -2.49. The summed E-state index contributed by atoms with van der Waals surface area (Å²) in [5.41, 5.74) is 1.98. The number of H-pyrrole nitrogens is 1. The Balaban J connectivity index is 1.59. The molecule has 2 amide bonds. The van der Waals surface area contributed by atoms with Crippen molar-refractivity contribution in [3.05, 3.63) is 29.5 Å². The van der Waals surface area contributed by atoms with Gasteiger partial charge >= 0.3 is 12.1 Å². The number of aryl methyl sites for hydroxylation is 1. The molecule has 1 aromatic heterocycles. The second kappa shape index (κ2) is 10.5. The van der Waals surface area contributed by atoms with Crippen molar-refractivity contribution in [3.8, 4) is 0 Å². The van der Waals surface area contributed by atoms with E-state index in [0.717, 1.165) is 35.7 Å². The van der Waals surface area contributed by atoms with Crippen molar-refractivity contribution in [2.24, 2.45) is 11.8 Å². The zero-order valence-corrected chi connectivity index (χ0v) is 22.1. The van der Waals surface area contributed by atoms with Gasteiger partial charge in [0, 0.05) is 23.1 Å². The Labute approximate surface area is 213 Å². The van der Waals surface area contributed by atoms with E-state index >= 15 is 0 Å². The summed E-state index contributed by atoms with van der Waals surface area (Å²) in [7, 11) is 0. The predicted molar refractivity (Wildman–Crippen MR) is 139 cm³/mol. The largest absolute Gasteiger partial charge is 0.461 e. The number of benzene rings is 1. The molecule has 4 rings (SSSR count). The topological polar surface area (TPSA) is 101 Å². The summed E-state index contributed by atoms with van der Waals surface area (Å²) >= 11 is 0. The lowest BCUT2D eigenvalue weighted by molar-refractivity contribution is -0.122. The van der Waals surface area contributed by atoms with E-state index in [0.29, 0.717) is 30.5 Å². The van der Waals surface area contributed by atoms with Crippen molar-refractivity contribution in [1.82, 2.24) is 9.88 Å². The van der Waals surface area contributed by atoms with Gasteiger partial charge in [-0.25, -0.2) is 9.59 Å². The first-order valence-corrected chi connectivity index (χ1v) is 13.2. The molecule has 2 aliphatic rings. The number of anilines is 1. The summed E-state index contributed by atoms with van der Waals surface area (Å²) in [6.07, 6.45) is 6.16. The van der Waals surface area contributed by atoms with Gasteiger partial charge in [-0.2, -0.15) is 0 Å². The monoisotopic (exact) mass is 497 g/mol. The molecule has 2 atom stereocenters. The molecule has 0 spiro atoms. The summed E-state index contributed by atoms with van der Waals surface area (Å²) in [6, 6.07) is 4.96. The zero-order valence-electron chi connectivity index (χ0n) is 22.1. The van der Waals surface area contributed by atoms with Crippen LogP contribution >= 0.6 is 0 Å². The molecular weight excluding hydrogens is 458 g/mol. The van der Waals surface area contributed by atoms with Gasteiger partial charge in [0.1, 0.15) is 17.3 Å². The molecule has 36 heavy (non-hydrogen) atoms. The van der Waals surface area contributed by atoms with E-state index in [1.54, 1.807) is 11.8 Å². The number of carbonyl (C=O) groups excluding carboxylic acids is 3.